The SMILES string of the molecule is CCOC(=O)c1ccc(N=C2SC(=Cc3cc(Br)c(OCc4ccc(F)cc4)c(OCC)c3)C(=O)N2C)cc1. The highest BCUT2D eigenvalue weighted by Crippen LogP contribution is 2.40. The average molecular weight is 614 g/mol. The number of ether oxygens (including phenoxy) is 3. The number of rotatable bonds is 9. The first-order chi connectivity index (χ1) is 18.8. The maximum atomic E-state index is 13.2. The average Bonchev–Trinajstić information content (AvgIpc) is 3.17. The van der Waals surface area contributed by atoms with Gasteiger partial charge in [0.15, 0.2) is 16.7 Å². The van der Waals surface area contributed by atoms with Crippen LogP contribution in [-0.4, -0.2) is 42.2 Å². The Morgan fingerprint density at radius 1 is 1.05 bits per heavy atom. The molecule has 1 aliphatic heterocycles. The number of aliphatic imine (C=N–C) groups is 1. The van der Waals surface area contributed by atoms with Gasteiger partial charge in [0, 0.05) is 7.05 Å². The van der Waals surface area contributed by atoms with E-state index in [1.807, 2.05) is 13.0 Å². The third kappa shape index (κ3) is 7.07. The van der Waals surface area contributed by atoms with Crippen molar-refractivity contribution in [3.8, 4) is 11.5 Å². The summed E-state index contributed by atoms with van der Waals surface area (Å²) in [5.41, 5.74) is 2.60. The van der Waals surface area contributed by atoms with Gasteiger partial charge in [-0.3, -0.25) is 9.69 Å². The van der Waals surface area contributed by atoms with Crippen molar-refractivity contribution >= 4 is 56.5 Å². The van der Waals surface area contributed by atoms with Crippen molar-refractivity contribution in [3.05, 3.63) is 92.5 Å². The van der Waals surface area contributed by atoms with Crippen LogP contribution in [0.2, 0.25) is 0 Å². The van der Waals surface area contributed by atoms with Crippen LogP contribution in [-0.2, 0) is 16.1 Å². The number of carbonyl (C=O) groups excluding carboxylic acids is 2. The van der Waals surface area contributed by atoms with Crippen LogP contribution >= 0.6 is 27.7 Å². The second kappa shape index (κ2) is 12.9. The van der Waals surface area contributed by atoms with E-state index in [2.05, 4.69) is 20.9 Å². The van der Waals surface area contributed by atoms with Crippen LogP contribution in [0.4, 0.5) is 10.1 Å². The summed E-state index contributed by atoms with van der Waals surface area (Å²) in [5.74, 6) is 0.138. The number of nitrogens with zero attached hydrogens (tertiary/aromatic N) is 2. The first kappa shape index (κ1) is 28.4. The number of esters is 1. The lowest BCUT2D eigenvalue weighted by Crippen LogP contribution is -2.23. The Morgan fingerprint density at radius 2 is 1.77 bits per heavy atom. The fourth-order valence-corrected chi connectivity index (χ4v) is 5.17. The number of carbonyl (C=O) groups is 2. The van der Waals surface area contributed by atoms with Crippen LogP contribution < -0.4 is 9.47 Å². The summed E-state index contributed by atoms with van der Waals surface area (Å²) in [4.78, 5) is 31.4. The Labute approximate surface area is 238 Å². The highest BCUT2D eigenvalue weighted by Gasteiger charge is 2.30. The van der Waals surface area contributed by atoms with Crippen molar-refractivity contribution in [1.82, 2.24) is 4.90 Å². The quantitative estimate of drug-likeness (QED) is 0.192. The normalized spacial score (nSPS) is 15.2. The lowest BCUT2D eigenvalue weighted by molar-refractivity contribution is -0.121. The fourth-order valence-electron chi connectivity index (χ4n) is 3.61. The predicted molar refractivity (Wildman–Crippen MR) is 154 cm³/mol. The van der Waals surface area contributed by atoms with E-state index in [-0.39, 0.29) is 18.3 Å². The van der Waals surface area contributed by atoms with Crippen LogP contribution in [0.3, 0.4) is 0 Å². The summed E-state index contributed by atoms with van der Waals surface area (Å²) in [5, 5.41) is 0.512. The molecule has 10 heteroatoms. The molecule has 7 nitrogen and oxygen atoms in total. The smallest absolute Gasteiger partial charge is 0.338 e. The Morgan fingerprint density at radius 3 is 2.44 bits per heavy atom. The van der Waals surface area contributed by atoms with E-state index in [1.54, 1.807) is 62.5 Å². The fraction of sp³-hybridized carbons (Fsp3) is 0.207. The molecule has 4 rings (SSSR count). The monoisotopic (exact) mass is 612 g/mol. The molecule has 0 saturated carbocycles. The van der Waals surface area contributed by atoms with Gasteiger partial charge < -0.3 is 14.2 Å². The molecule has 1 saturated heterocycles. The number of benzene rings is 3. The minimum Gasteiger partial charge on any atom is -0.490 e. The zero-order chi connectivity index (χ0) is 27.9. The van der Waals surface area contributed by atoms with Crippen LogP contribution in [0, 0.1) is 5.82 Å². The van der Waals surface area contributed by atoms with Crippen molar-refractivity contribution in [2.45, 2.75) is 20.5 Å². The third-order valence-corrected chi connectivity index (χ3v) is 7.18. The first-order valence-corrected chi connectivity index (χ1v) is 13.8. The van der Waals surface area contributed by atoms with Crippen molar-refractivity contribution in [2.24, 2.45) is 4.99 Å². The lowest BCUT2D eigenvalue weighted by atomic mass is 10.1. The Hall–Kier alpha value is -3.63. The summed E-state index contributed by atoms with van der Waals surface area (Å²) in [6.07, 6.45) is 1.77. The highest BCUT2D eigenvalue weighted by atomic mass is 79.9. The molecule has 1 amide bonds. The van der Waals surface area contributed by atoms with Crippen molar-refractivity contribution in [1.29, 1.82) is 0 Å². The molecular formula is C29H26BrFN2O5S. The van der Waals surface area contributed by atoms with E-state index >= 15 is 0 Å². The van der Waals surface area contributed by atoms with E-state index in [0.29, 0.717) is 50.5 Å². The maximum Gasteiger partial charge on any atom is 0.338 e. The zero-order valence-corrected chi connectivity index (χ0v) is 24.0. The molecular weight excluding hydrogens is 587 g/mol. The van der Waals surface area contributed by atoms with Crippen LogP contribution in [0.25, 0.3) is 6.08 Å². The standard InChI is InChI=1S/C29H26BrFN2O5S/c1-4-36-24-15-19(14-23(30)26(24)38-17-18-6-10-21(31)11-7-18)16-25-27(34)33(3)29(39-25)32-22-12-8-20(9-13-22)28(35)37-5-2/h6-16H,4-5,17H2,1-3H3. The summed E-state index contributed by atoms with van der Waals surface area (Å²) in [6, 6.07) is 16.4. The molecule has 3 aromatic carbocycles. The van der Waals surface area contributed by atoms with Gasteiger partial charge in [-0.05, 0) is 107 Å². The van der Waals surface area contributed by atoms with Gasteiger partial charge in [-0.1, -0.05) is 12.1 Å². The largest absolute Gasteiger partial charge is 0.490 e. The van der Waals surface area contributed by atoms with Crippen LogP contribution in [0.15, 0.2) is 75.0 Å². The van der Waals surface area contributed by atoms with Gasteiger partial charge in [-0.25, -0.2) is 14.2 Å². The molecule has 0 bridgehead atoms. The molecule has 39 heavy (non-hydrogen) atoms. The van der Waals surface area contributed by atoms with Gasteiger partial charge in [-0.15, -0.1) is 0 Å². The van der Waals surface area contributed by atoms with Gasteiger partial charge in [0.1, 0.15) is 12.4 Å². The second-order valence-corrected chi connectivity index (χ2v) is 10.2. The molecule has 3 aromatic rings. The third-order valence-electron chi connectivity index (χ3n) is 5.53. The van der Waals surface area contributed by atoms with Gasteiger partial charge >= 0.3 is 5.97 Å². The number of halogens is 2. The Balaban J connectivity index is 1.54. The van der Waals surface area contributed by atoms with Gasteiger partial charge in [0.25, 0.3) is 5.91 Å². The predicted octanol–water partition coefficient (Wildman–Crippen LogP) is 6.98. The number of hydrogen-bond acceptors (Lipinski definition) is 7. The minimum atomic E-state index is -0.395. The van der Waals surface area contributed by atoms with E-state index < -0.39 is 5.97 Å². The van der Waals surface area contributed by atoms with E-state index in [0.717, 1.165) is 11.1 Å². The van der Waals surface area contributed by atoms with Crippen LogP contribution in [0.1, 0.15) is 35.3 Å². The zero-order valence-electron chi connectivity index (χ0n) is 21.6. The maximum absolute atomic E-state index is 13.2. The van der Waals surface area contributed by atoms with E-state index in [1.165, 1.54) is 28.8 Å². The summed E-state index contributed by atoms with van der Waals surface area (Å²) in [7, 11) is 1.66. The summed E-state index contributed by atoms with van der Waals surface area (Å²) >= 11 is 4.81. The molecule has 202 valence electrons. The Kier molecular flexibility index (Phi) is 9.42. The van der Waals surface area contributed by atoms with Gasteiger partial charge in [0.2, 0.25) is 0 Å². The number of thioether (sulfide) groups is 1. The van der Waals surface area contributed by atoms with Crippen LogP contribution in [0.5, 0.6) is 11.5 Å². The topological polar surface area (TPSA) is 77.4 Å². The highest BCUT2D eigenvalue weighted by molar-refractivity contribution is 9.10. The molecule has 0 unspecified atom stereocenters. The Bertz CT molecular complexity index is 1420. The molecule has 1 fully saturated rings. The molecule has 0 aliphatic carbocycles. The number of likely N-dealkylation sites (N-methyl/N-ethyl adjacent to an activating group) is 1. The first-order valence-electron chi connectivity index (χ1n) is 12.2. The number of amides is 1. The second-order valence-electron chi connectivity index (χ2n) is 8.31. The molecule has 0 radical (unpaired) electrons. The van der Waals surface area contributed by atoms with Crippen molar-refractivity contribution < 1.29 is 28.2 Å². The van der Waals surface area contributed by atoms with Crippen molar-refractivity contribution in [3.63, 3.8) is 0 Å². The summed E-state index contributed by atoms with van der Waals surface area (Å²) in [6.45, 7) is 4.58. The van der Waals surface area contributed by atoms with E-state index in [4.69, 9.17) is 14.2 Å². The molecule has 0 N–H and O–H groups in total. The molecule has 1 heterocycles. The number of amidine groups is 1. The van der Waals surface area contributed by atoms with Gasteiger partial charge in [0.05, 0.1) is 33.8 Å². The van der Waals surface area contributed by atoms with Crippen molar-refractivity contribution in [2.75, 3.05) is 20.3 Å². The number of hydrogen-bond donors (Lipinski definition) is 0. The molecule has 0 atom stereocenters. The lowest BCUT2D eigenvalue weighted by Gasteiger charge is -2.15. The minimum absolute atomic E-state index is 0.187. The summed E-state index contributed by atoms with van der Waals surface area (Å²) < 4.78 is 30.7. The molecule has 0 aromatic heterocycles. The van der Waals surface area contributed by atoms with E-state index in [9.17, 15) is 14.0 Å². The molecule has 0 spiro atoms. The molecule has 1 aliphatic rings. The van der Waals surface area contributed by atoms with Gasteiger partial charge in [-0.2, -0.15) is 0 Å².